The second-order valence-corrected chi connectivity index (χ2v) is 5.89. The van der Waals surface area contributed by atoms with Crippen molar-refractivity contribution in [3.63, 3.8) is 0 Å². The molecule has 0 heterocycles. The highest BCUT2D eigenvalue weighted by Gasteiger charge is 2.37. The van der Waals surface area contributed by atoms with Gasteiger partial charge >= 0.3 is 0 Å². The van der Waals surface area contributed by atoms with Gasteiger partial charge in [0.15, 0.2) is 0 Å². The molecule has 1 aliphatic carbocycles. The molecule has 1 N–H and O–H groups in total. The quantitative estimate of drug-likeness (QED) is 0.811. The molecule has 1 heteroatoms. The molecule has 1 unspecified atom stereocenters. The summed E-state index contributed by atoms with van der Waals surface area (Å²) in [6.07, 6.45) is 5.83. The first-order chi connectivity index (χ1) is 9.62. The SMILES string of the molecule is CC1(O)C=CC(c2ccccc2)(c2ccccc2)CC1. The third-order valence-corrected chi connectivity index (χ3v) is 4.33. The van der Waals surface area contributed by atoms with E-state index in [4.69, 9.17) is 0 Å². The second kappa shape index (κ2) is 4.92. The minimum Gasteiger partial charge on any atom is -0.386 e. The number of rotatable bonds is 2. The maximum Gasteiger partial charge on any atom is 0.0800 e. The Bertz CT molecular complexity index is 557. The molecular weight excluding hydrogens is 244 g/mol. The third kappa shape index (κ3) is 2.30. The predicted octanol–water partition coefficient (Wildman–Crippen LogP) is 4.07. The molecule has 0 aromatic heterocycles. The van der Waals surface area contributed by atoms with Gasteiger partial charge in [-0.15, -0.1) is 0 Å². The van der Waals surface area contributed by atoms with E-state index in [9.17, 15) is 5.11 Å². The van der Waals surface area contributed by atoms with Crippen molar-refractivity contribution in [2.24, 2.45) is 0 Å². The minimum absolute atomic E-state index is 0.120. The lowest BCUT2D eigenvalue weighted by Gasteiger charge is -2.39. The van der Waals surface area contributed by atoms with Gasteiger partial charge in [0, 0.05) is 5.41 Å². The molecule has 0 aliphatic heterocycles. The molecule has 2 aromatic rings. The first-order valence-electron chi connectivity index (χ1n) is 7.16. The third-order valence-electron chi connectivity index (χ3n) is 4.33. The summed E-state index contributed by atoms with van der Waals surface area (Å²) in [4.78, 5) is 0. The average molecular weight is 264 g/mol. The molecule has 0 spiro atoms. The van der Waals surface area contributed by atoms with Crippen molar-refractivity contribution in [3.8, 4) is 0 Å². The molecule has 0 amide bonds. The fourth-order valence-corrected chi connectivity index (χ4v) is 3.06. The van der Waals surface area contributed by atoms with Crippen molar-refractivity contribution in [1.29, 1.82) is 0 Å². The van der Waals surface area contributed by atoms with Crippen molar-refractivity contribution in [3.05, 3.63) is 83.9 Å². The van der Waals surface area contributed by atoms with Gasteiger partial charge in [-0.1, -0.05) is 72.8 Å². The van der Waals surface area contributed by atoms with Gasteiger partial charge in [-0.05, 0) is 30.9 Å². The van der Waals surface area contributed by atoms with E-state index in [1.165, 1.54) is 11.1 Å². The highest BCUT2D eigenvalue weighted by atomic mass is 16.3. The van der Waals surface area contributed by atoms with Crippen molar-refractivity contribution in [2.75, 3.05) is 0 Å². The molecule has 20 heavy (non-hydrogen) atoms. The second-order valence-electron chi connectivity index (χ2n) is 5.89. The van der Waals surface area contributed by atoms with Crippen LogP contribution in [0.1, 0.15) is 30.9 Å². The Morgan fingerprint density at radius 3 is 1.65 bits per heavy atom. The van der Waals surface area contributed by atoms with Gasteiger partial charge in [-0.3, -0.25) is 0 Å². The number of benzene rings is 2. The van der Waals surface area contributed by atoms with Gasteiger partial charge < -0.3 is 5.11 Å². The topological polar surface area (TPSA) is 20.2 Å². The van der Waals surface area contributed by atoms with Crippen LogP contribution >= 0.6 is 0 Å². The zero-order chi connectivity index (χ0) is 14.1. The summed E-state index contributed by atoms with van der Waals surface area (Å²) >= 11 is 0. The smallest absolute Gasteiger partial charge is 0.0800 e. The summed E-state index contributed by atoms with van der Waals surface area (Å²) < 4.78 is 0. The maximum absolute atomic E-state index is 10.2. The van der Waals surface area contributed by atoms with Gasteiger partial charge in [0.2, 0.25) is 0 Å². The summed E-state index contributed by atoms with van der Waals surface area (Å²) in [7, 11) is 0. The van der Waals surface area contributed by atoms with Crippen LogP contribution in [0, 0.1) is 0 Å². The van der Waals surface area contributed by atoms with Crippen LogP contribution in [0.3, 0.4) is 0 Å². The number of hydrogen-bond donors (Lipinski definition) is 1. The van der Waals surface area contributed by atoms with E-state index in [0.29, 0.717) is 0 Å². The Labute approximate surface area is 120 Å². The zero-order valence-electron chi connectivity index (χ0n) is 11.8. The van der Waals surface area contributed by atoms with E-state index in [1.54, 1.807) is 0 Å². The van der Waals surface area contributed by atoms with Crippen LogP contribution in [0.2, 0.25) is 0 Å². The number of aliphatic hydroxyl groups is 1. The van der Waals surface area contributed by atoms with E-state index in [0.717, 1.165) is 12.8 Å². The Hall–Kier alpha value is -1.86. The van der Waals surface area contributed by atoms with Gasteiger partial charge in [0.1, 0.15) is 0 Å². The van der Waals surface area contributed by atoms with E-state index in [-0.39, 0.29) is 5.41 Å². The maximum atomic E-state index is 10.2. The van der Waals surface area contributed by atoms with Crippen LogP contribution in [0.5, 0.6) is 0 Å². The summed E-state index contributed by atoms with van der Waals surface area (Å²) in [6.45, 7) is 1.88. The standard InChI is InChI=1S/C19H20O/c1-18(20)12-14-19(15-13-18,16-8-4-2-5-9-16)17-10-6-3-7-11-17/h2-12,14,20H,13,15H2,1H3. The largest absolute Gasteiger partial charge is 0.386 e. The first-order valence-corrected chi connectivity index (χ1v) is 7.16. The lowest BCUT2D eigenvalue weighted by atomic mass is 9.66. The summed E-state index contributed by atoms with van der Waals surface area (Å²) in [5, 5.41) is 10.2. The van der Waals surface area contributed by atoms with Gasteiger partial charge in [0.25, 0.3) is 0 Å². The van der Waals surface area contributed by atoms with E-state index in [2.05, 4.69) is 54.6 Å². The molecule has 0 saturated heterocycles. The average Bonchev–Trinajstić information content (AvgIpc) is 2.50. The summed E-state index contributed by atoms with van der Waals surface area (Å²) in [5.41, 5.74) is 1.77. The van der Waals surface area contributed by atoms with E-state index in [1.807, 2.05) is 25.1 Å². The number of hydrogen-bond acceptors (Lipinski definition) is 1. The lowest BCUT2D eigenvalue weighted by Crippen LogP contribution is -2.35. The Balaban J connectivity index is 2.15. The molecule has 2 aromatic carbocycles. The molecule has 3 rings (SSSR count). The summed E-state index contributed by atoms with van der Waals surface area (Å²) in [6, 6.07) is 21.1. The molecular formula is C19H20O. The van der Waals surface area contributed by atoms with Crippen molar-refractivity contribution < 1.29 is 5.11 Å². The molecule has 0 saturated carbocycles. The molecule has 0 radical (unpaired) electrons. The molecule has 1 aliphatic rings. The Kier molecular flexibility index (Phi) is 3.23. The van der Waals surface area contributed by atoms with Crippen LogP contribution in [0.15, 0.2) is 72.8 Å². The molecule has 0 bridgehead atoms. The van der Waals surface area contributed by atoms with Crippen molar-refractivity contribution in [2.45, 2.75) is 30.8 Å². The van der Waals surface area contributed by atoms with Gasteiger partial charge in [0.05, 0.1) is 5.60 Å². The molecule has 1 atom stereocenters. The van der Waals surface area contributed by atoms with Crippen LogP contribution in [-0.4, -0.2) is 10.7 Å². The Morgan fingerprint density at radius 2 is 1.25 bits per heavy atom. The number of allylic oxidation sites excluding steroid dienone is 1. The first kappa shape index (κ1) is 13.1. The van der Waals surface area contributed by atoms with E-state index < -0.39 is 5.60 Å². The normalized spacial score (nSPS) is 24.5. The Morgan fingerprint density at radius 1 is 0.750 bits per heavy atom. The fraction of sp³-hybridized carbons (Fsp3) is 0.263. The van der Waals surface area contributed by atoms with Gasteiger partial charge in [-0.25, -0.2) is 0 Å². The molecule has 1 nitrogen and oxygen atoms in total. The van der Waals surface area contributed by atoms with Crippen molar-refractivity contribution >= 4 is 0 Å². The highest BCUT2D eigenvalue weighted by molar-refractivity contribution is 5.46. The highest BCUT2D eigenvalue weighted by Crippen LogP contribution is 2.43. The van der Waals surface area contributed by atoms with Crippen LogP contribution in [0.4, 0.5) is 0 Å². The van der Waals surface area contributed by atoms with E-state index >= 15 is 0 Å². The zero-order valence-corrected chi connectivity index (χ0v) is 11.8. The monoisotopic (exact) mass is 264 g/mol. The predicted molar refractivity (Wildman–Crippen MR) is 82.7 cm³/mol. The molecule has 102 valence electrons. The van der Waals surface area contributed by atoms with Crippen LogP contribution < -0.4 is 0 Å². The lowest BCUT2D eigenvalue weighted by molar-refractivity contribution is 0.0873. The minimum atomic E-state index is -0.687. The van der Waals surface area contributed by atoms with Gasteiger partial charge in [-0.2, -0.15) is 0 Å². The van der Waals surface area contributed by atoms with Crippen LogP contribution in [0.25, 0.3) is 0 Å². The van der Waals surface area contributed by atoms with Crippen molar-refractivity contribution in [1.82, 2.24) is 0 Å². The fourth-order valence-electron chi connectivity index (χ4n) is 3.06. The summed E-state index contributed by atoms with van der Waals surface area (Å²) in [5.74, 6) is 0. The molecule has 0 fully saturated rings. The van der Waals surface area contributed by atoms with Crippen LogP contribution in [-0.2, 0) is 5.41 Å².